The number of carbonyl (C=O) groups excluding carboxylic acids is 3. The Morgan fingerprint density at radius 3 is 2.23 bits per heavy atom. The van der Waals surface area contributed by atoms with Crippen LogP contribution < -0.4 is 15.2 Å². The Hall–Kier alpha value is -7.52. The van der Waals surface area contributed by atoms with Gasteiger partial charge in [0.25, 0.3) is 0 Å². The fourth-order valence-corrected chi connectivity index (χ4v) is 14.4. The van der Waals surface area contributed by atoms with Crippen molar-refractivity contribution in [3.63, 3.8) is 0 Å². The molecule has 6 nitrogen and oxygen atoms in total. The molecule has 2 saturated carbocycles. The summed E-state index contributed by atoms with van der Waals surface area (Å²) in [6, 6.07) is 26.6. The number of hydrogen-bond donors (Lipinski definition) is 0. The van der Waals surface area contributed by atoms with Gasteiger partial charge in [-0.15, -0.1) is 0 Å². The molecule has 4 bridgehead atoms. The van der Waals surface area contributed by atoms with Crippen LogP contribution in [0.5, 0.6) is 5.75 Å². The summed E-state index contributed by atoms with van der Waals surface area (Å²) in [6.45, 7) is 12.4. The van der Waals surface area contributed by atoms with Crippen LogP contribution in [0, 0.1) is 11.8 Å². The number of ether oxygens (including phenoxy) is 1. The Labute approximate surface area is 450 Å². The maximum Gasteiger partial charge on any atom is 0.935 e. The highest BCUT2D eigenvalue weighted by Crippen LogP contribution is 2.60. The number of benzene rings is 5. The van der Waals surface area contributed by atoms with E-state index >= 15 is 8.63 Å². The minimum atomic E-state index is -2.86. The minimum Gasteiger partial charge on any atom is -0.427 e. The molecule has 2 fully saturated rings. The number of hydrogen-bond acceptors (Lipinski definition) is 4. The number of nitrogens with zero attached hydrogens (tertiary/aromatic N) is 2. The van der Waals surface area contributed by atoms with Gasteiger partial charge in [0.05, 0.1) is 11.3 Å². The van der Waals surface area contributed by atoms with E-state index in [0.717, 1.165) is 120 Å². The van der Waals surface area contributed by atoms with E-state index in [-0.39, 0.29) is 48.1 Å². The van der Waals surface area contributed by atoms with Crippen molar-refractivity contribution in [3.8, 4) is 16.9 Å². The van der Waals surface area contributed by atoms with Crippen molar-refractivity contribution in [1.82, 2.24) is 4.57 Å². The quantitative estimate of drug-likeness (QED) is 0.0300. The van der Waals surface area contributed by atoms with E-state index in [1.165, 1.54) is 59.6 Å². The standard InChI is InChI=1S/C68H64BF2N2O4/c1-6-9-15-51(75)32-36-57-61-46-24-26-48(38-46)63(61)67(72(57)5)65(68-64-49-27-25-47(39-49)62(64)58(73(68)69(70)71)37-31-50(74)8-3)45-22-20-42(21-23-45)43-28-33-52(34-29-43)77-59(76)19-11-14-44-30-35-56-55-18-10-13-41(7-2)60(55)40(4)53-16-12-17-54(44)66(53)56/h7,9-10,13,15,17-18,20-23,28-37,46-49H,2,4,6,8,11-12,14,16,19,24-27,38-39H2,1,3,5H3/q+1/b15-9-,36-32+,37-31+. The van der Waals surface area contributed by atoms with Gasteiger partial charge in [0.15, 0.2) is 23.0 Å². The summed E-state index contributed by atoms with van der Waals surface area (Å²) < 4.78 is 41.6. The molecule has 0 spiro atoms. The first-order valence-electron chi connectivity index (χ1n) is 28.0. The molecule has 2 heterocycles. The maximum absolute atomic E-state index is 16.2. The van der Waals surface area contributed by atoms with Crippen LogP contribution in [0.4, 0.5) is 8.63 Å². The molecule has 386 valence electrons. The van der Waals surface area contributed by atoms with Gasteiger partial charge < -0.3 is 9.30 Å². The van der Waals surface area contributed by atoms with Crippen LogP contribution in [-0.2, 0) is 34.3 Å². The molecule has 6 aromatic rings. The SMILES string of the molecule is C=Cc1cccc2c1c(=C)c1c3c(c(CCCC(=O)Oc4ccc(-c5ccc(/C(=C6\C7=C(C(/C=C/C(=O)CC)=[N+]6B(F)F)C6CCC7C6)c6c7c(c(/C=C/C(=O)/C=C\CC)n6C)C6CCC7C6)cc5)cc4)ccc32)=CCC1. The lowest BCUT2D eigenvalue weighted by molar-refractivity contribution is -0.342. The molecular formula is C68H64BF2N2O4+. The maximum atomic E-state index is 16.2. The van der Waals surface area contributed by atoms with E-state index in [4.69, 9.17) is 4.74 Å². The molecule has 5 aliphatic carbocycles. The smallest absolute Gasteiger partial charge is 0.427 e. The number of esters is 1. The van der Waals surface area contributed by atoms with Gasteiger partial charge in [-0.2, -0.15) is 0 Å². The normalized spacial score (nSPS) is 20.6. The molecule has 0 radical (unpaired) electrons. The van der Waals surface area contributed by atoms with Gasteiger partial charge in [0, 0.05) is 42.8 Å². The number of ketones is 2. The van der Waals surface area contributed by atoms with E-state index in [2.05, 4.69) is 66.3 Å². The van der Waals surface area contributed by atoms with E-state index in [0.29, 0.717) is 29.5 Å². The lowest BCUT2D eigenvalue weighted by Crippen LogP contribution is -2.28. The Morgan fingerprint density at radius 2 is 1.51 bits per heavy atom. The van der Waals surface area contributed by atoms with Gasteiger partial charge in [0.1, 0.15) is 5.75 Å². The van der Waals surface area contributed by atoms with Crippen LogP contribution in [-0.4, -0.2) is 39.7 Å². The zero-order valence-electron chi connectivity index (χ0n) is 44.4. The first kappa shape index (κ1) is 50.3. The van der Waals surface area contributed by atoms with Gasteiger partial charge in [0.2, 0.25) is 0 Å². The third-order valence-electron chi connectivity index (χ3n) is 17.8. The largest absolute Gasteiger partial charge is 0.935 e. The lowest BCUT2D eigenvalue weighted by atomic mass is 9.84. The second kappa shape index (κ2) is 20.5. The number of halogens is 2. The van der Waals surface area contributed by atoms with Gasteiger partial charge in [-0.3, -0.25) is 14.4 Å². The highest BCUT2D eigenvalue weighted by molar-refractivity contribution is 6.36. The molecule has 4 unspecified atom stereocenters. The van der Waals surface area contributed by atoms with Crippen molar-refractivity contribution in [2.75, 3.05) is 0 Å². The summed E-state index contributed by atoms with van der Waals surface area (Å²) in [4.78, 5) is 39.2. The number of fused-ring (bicyclic) bond motifs is 11. The molecule has 0 N–H and O–H groups in total. The molecule has 1 aliphatic heterocycles. The van der Waals surface area contributed by atoms with Crippen molar-refractivity contribution in [2.45, 2.75) is 109 Å². The number of carbonyl (C=O) groups is 3. The predicted molar refractivity (Wildman–Crippen MR) is 309 cm³/mol. The molecule has 1 aromatic heterocycles. The summed E-state index contributed by atoms with van der Waals surface area (Å²) in [5, 5.41) is 7.22. The number of aryl methyl sites for hydroxylation is 2. The zero-order chi connectivity index (χ0) is 53.2. The van der Waals surface area contributed by atoms with Crippen molar-refractivity contribution >= 4 is 82.6 Å². The van der Waals surface area contributed by atoms with Gasteiger partial charge in [-0.1, -0.05) is 112 Å². The van der Waals surface area contributed by atoms with Crippen LogP contribution in [0.25, 0.3) is 63.1 Å². The molecule has 0 amide bonds. The fourth-order valence-electron chi connectivity index (χ4n) is 14.4. The Bertz CT molecular complexity index is 3830. The van der Waals surface area contributed by atoms with Crippen LogP contribution in [0.3, 0.4) is 0 Å². The van der Waals surface area contributed by atoms with E-state index < -0.39 is 7.40 Å². The predicted octanol–water partition coefficient (Wildman–Crippen LogP) is 14.0. The minimum absolute atomic E-state index is 0.0870. The zero-order valence-corrected chi connectivity index (χ0v) is 44.4. The number of aromatic nitrogens is 1. The Kier molecular flexibility index (Phi) is 13.4. The molecule has 6 aliphatic rings. The van der Waals surface area contributed by atoms with Gasteiger partial charge >= 0.3 is 13.4 Å². The van der Waals surface area contributed by atoms with E-state index in [1.807, 2.05) is 68.6 Å². The Balaban J connectivity index is 0.850. The summed E-state index contributed by atoms with van der Waals surface area (Å²) in [5.41, 5.74) is 14.3. The van der Waals surface area contributed by atoms with Gasteiger partial charge in [-0.25, -0.2) is 13.1 Å². The van der Waals surface area contributed by atoms with Crippen LogP contribution in [0.15, 0.2) is 133 Å². The van der Waals surface area contributed by atoms with Crippen LogP contribution >= 0.6 is 0 Å². The number of rotatable bonds is 17. The monoisotopic (exact) mass is 1020 g/mol. The van der Waals surface area contributed by atoms with Gasteiger partial charge in [-0.05, 0) is 207 Å². The Morgan fingerprint density at radius 1 is 0.805 bits per heavy atom. The third-order valence-corrected chi connectivity index (χ3v) is 17.8. The summed E-state index contributed by atoms with van der Waals surface area (Å²) in [5.74, 6) is 0.884. The molecule has 0 saturated heterocycles. The summed E-state index contributed by atoms with van der Waals surface area (Å²) >= 11 is 0. The summed E-state index contributed by atoms with van der Waals surface area (Å²) in [6.07, 6.45) is 24.9. The van der Waals surface area contributed by atoms with Crippen molar-refractivity contribution < 1.29 is 32.2 Å². The molecule has 9 heteroatoms. The highest BCUT2D eigenvalue weighted by atomic mass is 19.2. The summed E-state index contributed by atoms with van der Waals surface area (Å²) in [7, 11) is -0.835. The first-order chi connectivity index (χ1) is 37.5. The van der Waals surface area contributed by atoms with Crippen molar-refractivity contribution in [3.05, 3.63) is 188 Å². The van der Waals surface area contributed by atoms with E-state index in [1.54, 1.807) is 25.2 Å². The lowest BCUT2D eigenvalue weighted by Gasteiger charge is -2.20. The third kappa shape index (κ3) is 8.61. The average Bonchev–Trinajstić information content (AvgIpc) is 4.39. The first-order valence-corrected chi connectivity index (χ1v) is 28.0. The number of allylic oxidation sites excluding steroid dienone is 7. The molecular weight excluding hydrogens is 958 g/mol. The molecule has 12 rings (SSSR count). The van der Waals surface area contributed by atoms with Crippen molar-refractivity contribution in [1.29, 1.82) is 0 Å². The van der Waals surface area contributed by atoms with E-state index in [9.17, 15) is 14.4 Å². The van der Waals surface area contributed by atoms with Crippen LogP contribution in [0.1, 0.15) is 141 Å². The van der Waals surface area contributed by atoms with Crippen LogP contribution in [0.2, 0.25) is 0 Å². The topological polar surface area (TPSA) is 68.4 Å². The molecule has 4 atom stereocenters. The fraction of sp³-hybridized carbons (Fsp3) is 0.294. The van der Waals surface area contributed by atoms with Crippen molar-refractivity contribution in [2.24, 2.45) is 18.9 Å². The second-order valence-electron chi connectivity index (χ2n) is 22.0. The molecule has 77 heavy (non-hydrogen) atoms. The second-order valence-corrected chi connectivity index (χ2v) is 22.0. The molecule has 5 aromatic carbocycles. The highest BCUT2D eigenvalue weighted by Gasteiger charge is 2.57. The average molecular weight is 1020 g/mol.